The normalized spacial score (nSPS) is 17.1. The first-order valence-corrected chi connectivity index (χ1v) is 9.31. The Labute approximate surface area is 157 Å². The van der Waals surface area contributed by atoms with E-state index in [9.17, 15) is 9.59 Å². The maximum Gasteiger partial charge on any atom is 0.232 e. The number of carbonyl (C=O) groups excluding carboxylic acids is 2. The first kappa shape index (κ1) is 17.5. The van der Waals surface area contributed by atoms with Gasteiger partial charge in [-0.1, -0.05) is 5.16 Å². The van der Waals surface area contributed by atoms with Gasteiger partial charge in [0.05, 0.1) is 6.42 Å². The van der Waals surface area contributed by atoms with Crippen molar-refractivity contribution in [3.63, 3.8) is 0 Å². The predicted molar refractivity (Wildman–Crippen MR) is 99.3 cm³/mol. The number of aromatic nitrogens is 2. The molecule has 27 heavy (non-hydrogen) atoms. The Kier molecular flexibility index (Phi) is 4.79. The third kappa shape index (κ3) is 4.27. The molecule has 2 amide bonds. The largest absolute Gasteiger partial charge is 0.368 e. The van der Waals surface area contributed by atoms with Crippen LogP contribution in [-0.2, 0) is 16.0 Å². The highest BCUT2D eigenvalue weighted by Crippen LogP contribution is 2.31. The average molecular weight is 369 g/mol. The quantitative estimate of drug-likeness (QED) is 0.861. The van der Waals surface area contributed by atoms with E-state index in [0.717, 1.165) is 50.4 Å². The van der Waals surface area contributed by atoms with Gasteiger partial charge in [0.2, 0.25) is 17.7 Å². The van der Waals surface area contributed by atoms with Crippen LogP contribution < -0.4 is 10.2 Å². The molecule has 1 aromatic heterocycles. The van der Waals surface area contributed by atoms with E-state index in [1.54, 1.807) is 6.92 Å². The van der Waals surface area contributed by atoms with Gasteiger partial charge < -0.3 is 19.6 Å². The lowest BCUT2D eigenvalue weighted by Crippen LogP contribution is -2.49. The number of hydrogen-bond donors (Lipinski definition) is 1. The predicted octanol–water partition coefficient (Wildman–Crippen LogP) is 1.62. The zero-order valence-corrected chi connectivity index (χ0v) is 15.4. The number of hydrogen-bond acceptors (Lipinski definition) is 6. The van der Waals surface area contributed by atoms with Gasteiger partial charge in [-0.05, 0) is 37.1 Å². The zero-order chi connectivity index (χ0) is 18.8. The van der Waals surface area contributed by atoms with Crippen LogP contribution in [0.2, 0.25) is 0 Å². The molecular weight excluding hydrogens is 346 g/mol. The van der Waals surface area contributed by atoms with Crippen molar-refractivity contribution in [3.8, 4) is 0 Å². The van der Waals surface area contributed by atoms with E-state index >= 15 is 0 Å². The van der Waals surface area contributed by atoms with Crippen molar-refractivity contribution >= 4 is 23.2 Å². The molecule has 142 valence electrons. The number of piperazine rings is 1. The van der Waals surface area contributed by atoms with E-state index in [1.165, 1.54) is 0 Å². The summed E-state index contributed by atoms with van der Waals surface area (Å²) in [5.74, 6) is 1.25. The molecule has 1 saturated heterocycles. The van der Waals surface area contributed by atoms with E-state index < -0.39 is 0 Å². The molecule has 1 aromatic carbocycles. The fourth-order valence-electron chi connectivity index (χ4n) is 3.29. The van der Waals surface area contributed by atoms with Crippen LogP contribution in [0.4, 0.5) is 11.4 Å². The molecular formula is C19H23N5O3. The third-order valence-electron chi connectivity index (χ3n) is 4.92. The van der Waals surface area contributed by atoms with E-state index in [-0.39, 0.29) is 18.2 Å². The van der Waals surface area contributed by atoms with E-state index in [2.05, 4.69) is 20.4 Å². The van der Waals surface area contributed by atoms with Crippen LogP contribution in [0.1, 0.15) is 24.6 Å². The van der Waals surface area contributed by atoms with Crippen molar-refractivity contribution in [3.05, 3.63) is 36.0 Å². The lowest BCUT2D eigenvalue weighted by atomic mass is 10.2. The van der Waals surface area contributed by atoms with Crippen molar-refractivity contribution in [2.45, 2.75) is 26.2 Å². The van der Waals surface area contributed by atoms with Crippen LogP contribution in [0.5, 0.6) is 0 Å². The molecule has 1 N–H and O–H groups in total. The first-order chi connectivity index (χ1) is 13.1. The Morgan fingerprint density at radius 1 is 1.15 bits per heavy atom. The summed E-state index contributed by atoms with van der Waals surface area (Å²) in [4.78, 5) is 32.5. The van der Waals surface area contributed by atoms with Gasteiger partial charge in [0.1, 0.15) is 0 Å². The van der Waals surface area contributed by atoms with Crippen LogP contribution in [-0.4, -0.2) is 53.0 Å². The number of nitrogens with one attached hydrogen (secondary N) is 1. The Morgan fingerprint density at radius 3 is 2.44 bits per heavy atom. The Morgan fingerprint density at radius 2 is 1.85 bits per heavy atom. The van der Waals surface area contributed by atoms with Gasteiger partial charge in [-0.3, -0.25) is 9.59 Å². The van der Waals surface area contributed by atoms with Gasteiger partial charge >= 0.3 is 0 Å². The molecule has 0 bridgehead atoms. The number of nitrogens with zero attached hydrogens (tertiary/aromatic N) is 4. The molecule has 2 heterocycles. The molecule has 8 nitrogen and oxygen atoms in total. The number of anilines is 2. The number of aryl methyl sites for hydroxylation is 1. The summed E-state index contributed by atoms with van der Waals surface area (Å²) in [6, 6.07) is 7.76. The van der Waals surface area contributed by atoms with Crippen LogP contribution >= 0.6 is 0 Å². The zero-order valence-electron chi connectivity index (χ0n) is 15.4. The highest BCUT2D eigenvalue weighted by Gasteiger charge is 2.34. The summed E-state index contributed by atoms with van der Waals surface area (Å²) in [5.41, 5.74) is 1.83. The standard InChI is InChI=1S/C19H23N5O3/c1-13-20-17(22-27-13)12-18(25)21-15-4-6-16(7-5-15)23-8-10-24(11-9-23)19(26)14-2-3-14/h4-7,14H,2-3,8-12H2,1H3,(H,21,25). The molecule has 2 fully saturated rings. The summed E-state index contributed by atoms with van der Waals surface area (Å²) in [5, 5.41) is 6.56. The second-order valence-corrected chi connectivity index (χ2v) is 7.09. The maximum absolute atomic E-state index is 12.1. The summed E-state index contributed by atoms with van der Waals surface area (Å²) in [7, 11) is 0. The van der Waals surface area contributed by atoms with Crippen molar-refractivity contribution in [1.29, 1.82) is 0 Å². The minimum atomic E-state index is -0.184. The van der Waals surface area contributed by atoms with Gasteiger partial charge in [0.25, 0.3) is 0 Å². The molecule has 1 aliphatic carbocycles. The molecule has 0 radical (unpaired) electrons. The van der Waals surface area contributed by atoms with Crippen LogP contribution in [0.15, 0.2) is 28.8 Å². The minimum Gasteiger partial charge on any atom is -0.368 e. The highest BCUT2D eigenvalue weighted by molar-refractivity contribution is 5.92. The van der Waals surface area contributed by atoms with Gasteiger partial charge in [0.15, 0.2) is 5.82 Å². The summed E-state index contributed by atoms with van der Waals surface area (Å²) in [6.45, 7) is 4.91. The number of carbonyl (C=O) groups is 2. The molecule has 0 unspecified atom stereocenters. The van der Waals surface area contributed by atoms with E-state index in [4.69, 9.17) is 4.52 Å². The smallest absolute Gasteiger partial charge is 0.232 e. The summed E-state index contributed by atoms with van der Waals surface area (Å²) < 4.78 is 4.87. The van der Waals surface area contributed by atoms with Crippen molar-refractivity contribution in [2.24, 2.45) is 5.92 Å². The number of benzene rings is 1. The van der Waals surface area contributed by atoms with Gasteiger partial charge in [0, 0.05) is 50.4 Å². The summed E-state index contributed by atoms with van der Waals surface area (Å²) in [6.07, 6.45) is 2.19. The van der Waals surface area contributed by atoms with E-state index in [0.29, 0.717) is 17.6 Å². The topological polar surface area (TPSA) is 91.6 Å². The maximum atomic E-state index is 12.1. The van der Waals surface area contributed by atoms with Crippen LogP contribution in [0, 0.1) is 12.8 Å². The molecule has 2 aromatic rings. The van der Waals surface area contributed by atoms with Crippen molar-refractivity contribution < 1.29 is 14.1 Å². The third-order valence-corrected chi connectivity index (χ3v) is 4.92. The van der Waals surface area contributed by atoms with Crippen molar-refractivity contribution in [2.75, 3.05) is 36.4 Å². The fourth-order valence-corrected chi connectivity index (χ4v) is 3.29. The Bertz CT molecular complexity index is 820. The van der Waals surface area contributed by atoms with Crippen LogP contribution in [0.25, 0.3) is 0 Å². The van der Waals surface area contributed by atoms with Gasteiger partial charge in [-0.15, -0.1) is 0 Å². The second kappa shape index (κ2) is 7.38. The molecule has 8 heteroatoms. The average Bonchev–Trinajstić information content (AvgIpc) is 3.45. The lowest BCUT2D eigenvalue weighted by molar-refractivity contribution is -0.132. The molecule has 4 rings (SSSR count). The molecule has 0 atom stereocenters. The molecule has 0 spiro atoms. The number of rotatable bonds is 5. The Hall–Kier alpha value is -2.90. The SMILES string of the molecule is Cc1nc(CC(=O)Nc2ccc(N3CCN(C(=O)C4CC4)CC3)cc2)no1. The molecule has 1 saturated carbocycles. The second-order valence-electron chi connectivity index (χ2n) is 7.09. The number of amides is 2. The van der Waals surface area contributed by atoms with Crippen LogP contribution in [0.3, 0.4) is 0 Å². The molecule has 1 aliphatic heterocycles. The lowest BCUT2D eigenvalue weighted by Gasteiger charge is -2.36. The molecule has 2 aliphatic rings. The monoisotopic (exact) mass is 369 g/mol. The van der Waals surface area contributed by atoms with Crippen molar-refractivity contribution in [1.82, 2.24) is 15.0 Å². The van der Waals surface area contributed by atoms with E-state index in [1.807, 2.05) is 29.2 Å². The highest BCUT2D eigenvalue weighted by atomic mass is 16.5. The van der Waals surface area contributed by atoms with Gasteiger partial charge in [-0.2, -0.15) is 4.98 Å². The Balaban J connectivity index is 1.28. The summed E-state index contributed by atoms with van der Waals surface area (Å²) >= 11 is 0. The van der Waals surface area contributed by atoms with Gasteiger partial charge in [-0.25, -0.2) is 0 Å². The first-order valence-electron chi connectivity index (χ1n) is 9.31. The minimum absolute atomic E-state index is 0.0794. The fraction of sp³-hybridized carbons (Fsp3) is 0.474.